The Kier molecular flexibility index (Phi) is 7.56. The van der Waals surface area contributed by atoms with Crippen molar-refractivity contribution >= 4 is 35.0 Å². The third kappa shape index (κ3) is 6.19. The molecule has 27 heavy (non-hydrogen) atoms. The van der Waals surface area contributed by atoms with Gasteiger partial charge in [-0.3, -0.25) is 9.59 Å². The van der Waals surface area contributed by atoms with Crippen molar-refractivity contribution in [2.45, 2.75) is 19.4 Å². The summed E-state index contributed by atoms with van der Waals surface area (Å²) >= 11 is 11.9. The molecular weight excluding hydrogens is 397 g/mol. The summed E-state index contributed by atoms with van der Waals surface area (Å²) < 4.78 is 26.4. The Morgan fingerprint density at radius 3 is 2.52 bits per heavy atom. The first-order chi connectivity index (χ1) is 12.8. The molecule has 0 heterocycles. The van der Waals surface area contributed by atoms with Crippen LogP contribution in [0.15, 0.2) is 36.4 Å². The zero-order chi connectivity index (χ0) is 20.0. The van der Waals surface area contributed by atoms with Crippen molar-refractivity contribution < 1.29 is 18.4 Å². The highest BCUT2D eigenvalue weighted by Gasteiger charge is 2.14. The van der Waals surface area contributed by atoms with Crippen LogP contribution in [0.3, 0.4) is 0 Å². The third-order valence-corrected chi connectivity index (χ3v) is 4.46. The molecule has 0 saturated heterocycles. The van der Waals surface area contributed by atoms with Gasteiger partial charge < -0.3 is 10.2 Å². The number of nitrogens with one attached hydrogen (secondary N) is 1. The average Bonchev–Trinajstić information content (AvgIpc) is 2.60. The average molecular weight is 415 g/mol. The van der Waals surface area contributed by atoms with Gasteiger partial charge in [0.25, 0.3) is 5.91 Å². The van der Waals surface area contributed by atoms with Crippen LogP contribution in [0, 0.1) is 11.6 Å². The van der Waals surface area contributed by atoms with Gasteiger partial charge in [-0.1, -0.05) is 29.3 Å². The molecule has 2 aromatic rings. The fraction of sp³-hybridized carbons (Fsp3) is 0.263. The fourth-order valence-electron chi connectivity index (χ4n) is 2.39. The van der Waals surface area contributed by atoms with Gasteiger partial charge in [-0.25, -0.2) is 8.78 Å². The lowest BCUT2D eigenvalue weighted by Crippen LogP contribution is -2.29. The van der Waals surface area contributed by atoms with Gasteiger partial charge in [0.05, 0.1) is 5.56 Å². The van der Waals surface area contributed by atoms with Crippen LogP contribution in [0.1, 0.15) is 28.8 Å². The molecule has 0 spiro atoms. The molecule has 0 fully saturated rings. The van der Waals surface area contributed by atoms with Crippen molar-refractivity contribution in [1.82, 2.24) is 10.2 Å². The van der Waals surface area contributed by atoms with Gasteiger partial charge in [0.1, 0.15) is 11.6 Å². The number of halogens is 4. The minimum absolute atomic E-state index is 0.122. The van der Waals surface area contributed by atoms with Crippen LogP contribution >= 0.6 is 23.2 Å². The number of amides is 2. The van der Waals surface area contributed by atoms with Crippen LogP contribution in [-0.2, 0) is 11.3 Å². The number of rotatable bonds is 7. The maximum atomic E-state index is 13.5. The molecule has 0 atom stereocenters. The van der Waals surface area contributed by atoms with Crippen molar-refractivity contribution in [2.75, 3.05) is 13.6 Å². The molecule has 2 rings (SSSR count). The summed E-state index contributed by atoms with van der Waals surface area (Å²) in [6.07, 6.45) is 0.583. The Bertz CT molecular complexity index is 846. The van der Waals surface area contributed by atoms with Crippen molar-refractivity contribution in [3.05, 3.63) is 69.2 Å². The summed E-state index contributed by atoms with van der Waals surface area (Å²) in [6, 6.07) is 7.81. The topological polar surface area (TPSA) is 49.4 Å². The minimum atomic E-state index is -0.928. The molecule has 0 radical (unpaired) electrons. The van der Waals surface area contributed by atoms with Crippen LogP contribution in [0.4, 0.5) is 8.78 Å². The molecule has 0 aliphatic carbocycles. The zero-order valence-electron chi connectivity index (χ0n) is 14.6. The van der Waals surface area contributed by atoms with E-state index < -0.39 is 17.5 Å². The van der Waals surface area contributed by atoms with Crippen molar-refractivity contribution in [2.24, 2.45) is 0 Å². The summed E-state index contributed by atoms with van der Waals surface area (Å²) in [5, 5.41) is 3.51. The summed E-state index contributed by atoms with van der Waals surface area (Å²) in [6.45, 7) is 0.527. The van der Waals surface area contributed by atoms with E-state index in [1.807, 2.05) is 0 Å². The van der Waals surface area contributed by atoms with Crippen LogP contribution < -0.4 is 5.32 Å². The molecule has 0 aromatic heterocycles. The SMILES string of the molecule is CN(Cc1ccc(Cl)cc1Cl)C(=O)CCCNC(=O)c1ccc(F)cc1F. The van der Waals surface area contributed by atoms with Gasteiger partial charge in [0.15, 0.2) is 0 Å². The third-order valence-electron chi connectivity index (χ3n) is 3.88. The molecule has 0 aliphatic rings. The molecule has 0 bridgehead atoms. The largest absolute Gasteiger partial charge is 0.352 e. The maximum absolute atomic E-state index is 13.5. The van der Waals surface area contributed by atoms with Gasteiger partial charge in [-0.15, -0.1) is 0 Å². The quantitative estimate of drug-likeness (QED) is 0.680. The van der Waals surface area contributed by atoms with Gasteiger partial charge in [0, 0.05) is 42.7 Å². The predicted octanol–water partition coefficient (Wildman–Crippen LogP) is 4.44. The Morgan fingerprint density at radius 2 is 1.85 bits per heavy atom. The molecule has 0 saturated carbocycles. The molecule has 8 heteroatoms. The van der Waals surface area contributed by atoms with E-state index in [1.54, 1.807) is 25.2 Å². The Labute approximate surface area is 166 Å². The molecule has 2 amide bonds. The number of carbonyl (C=O) groups is 2. The van der Waals surface area contributed by atoms with Crippen molar-refractivity contribution in [3.63, 3.8) is 0 Å². The van der Waals surface area contributed by atoms with Gasteiger partial charge in [0.2, 0.25) is 5.91 Å². The Hall–Kier alpha value is -2.18. The first-order valence-electron chi connectivity index (χ1n) is 8.19. The first-order valence-corrected chi connectivity index (χ1v) is 8.94. The number of benzene rings is 2. The van der Waals surface area contributed by atoms with E-state index in [9.17, 15) is 18.4 Å². The summed E-state index contributed by atoms with van der Waals surface area (Å²) in [4.78, 5) is 25.6. The summed E-state index contributed by atoms with van der Waals surface area (Å²) in [7, 11) is 1.65. The van der Waals surface area contributed by atoms with E-state index in [0.29, 0.717) is 29.1 Å². The molecule has 144 valence electrons. The molecule has 4 nitrogen and oxygen atoms in total. The smallest absolute Gasteiger partial charge is 0.254 e. The maximum Gasteiger partial charge on any atom is 0.254 e. The molecule has 0 unspecified atom stereocenters. The van der Waals surface area contributed by atoms with E-state index in [-0.39, 0.29) is 24.4 Å². The van der Waals surface area contributed by atoms with Gasteiger partial charge in [-0.2, -0.15) is 0 Å². The summed E-state index contributed by atoms with van der Waals surface area (Å²) in [5.41, 5.74) is 0.536. The lowest BCUT2D eigenvalue weighted by Gasteiger charge is -2.18. The monoisotopic (exact) mass is 414 g/mol. The molecular formula is C19H18Cl2F2N2O2. The van der Waals surface area contributed by atoms with E-state index >= 15 is 0 Å². The number of carbonyl (C=O) groups excluding carboxylic acids is 2. The van der Waals surface area contributed by atoms with E-state index in [0.717, 1.165) is 17.7 Å². The van der Waals surface area contributed by atoms with Gasteiger partial charge >= 0.3 is 0 Å². The Balaban J connectivity index is 1.77. The van der Waals surface area contributed by atoms with Gasteiger partial charge in [-0.05, 0) is 36.2 Å². The number of hydrogen-bond acceptors (Lipinski definition) is 2. The molecule has 2 aromatic carbocycles. The summed E-state index contributed by atoms with van der Waals surface area (Å²) in [5.74, 6) is -2.45. The molecule has 0 aliphatic heterocycles. The highest BCUT2D eigenvalue weighted by atomic mass is 35.5. The Morgan fingerprint density at radius 1 is 1.11 bits per heavy atom. The minimum Gasteiger partial charge on any atom is -0.352 e. The highest BCUT2D eigenvalue weighted by molar-refractivity contribution is 6.35. The van der Waals surface area contributed by atoms with Crippen LogP contribution in [0.5, 0.6) is 0 Å². The number of hydrogen-bond donors (Lipinski definition) is 1. The van der Waals surface area contributed by atoms with E-state index in [1.165, 1.54) is 4.90 Å². The van der Waals surface area contributed by atoms with Crippen molar-refractivity contribution in [3.8, 4) is 0 Å². The fourth-order valence-corrected chi connectivity index (χ4v) is 2.86. The van der Waals surface area contributed by atoms with Crippen molar-refractivity contribution in [1.29, 1.82) is 0 Å². The lowest BCUT2D eigenvalue weighted by atomic mass is 10.2. The zero-order valence-corrected chi connectivity index (χ0v) is 16.1. The number of nitrogens with zero attached hydrogens (tertiary/aromatic N) is 1. The second kappa shape index (κ2) is 9.67. The first kappa shape index (κ1) is 21.1. The standard InChI is InChI=1S/C19H18Cl2F2N2O2/c1-25(11-12-4-5-13(20)9-16(12)21)18(26)3-2-8-24-19(27)15-7-6-14(22)10-17(15)23/h4-7,9-10H,2-3,8,11H2,1H3,(H,24,27). The lowest BCUT2D eigenvalue weighted by molar-refractivity contribution is -0.130. The van der Waals surface area contributed by atoms with Crippen LogP contribution in [0.25, 0.3) is 0 Å². The van der Waals surface area contributed by atoms with E-state index in [2.05, 4.69) is 5.32 Å². The molecule has 1 N–H and O–H groups in total. The predicted molar refractivity (Wildman–Crippen MR) is 101 cm³/mol. The van der Waals surface area contributed by atoms with E-state index in [4.69, 9.17) is 23.2 Å². The second-order valence-corrected chi connectivity index (χ2v) is 6.81. The second-order valence-electron chi connectivity index (χ2n) is 5.97. The van der Waals surface area contributed by atoms with Crippen LogP contribution in [-0.4, -0.2) is 30.3 Å². The van der Waals surface area contributed by atoms with Crippen LogP contribution in [0.2, 0.25) is 10.0 Å². The highest BCUT2D eigenvalue weighted by Crippen LogP contribution is 2.22. The normalized spacial score (nSPS) is 10.6.